The average Bonchev–Trinajstić information content (AvgIpc) is 2.97. The van der Waals surface area contributed by atoms with Gasteiger partial charge >= 0.3 is 0 Å². The first-order chi connectivity index (χ1) is 19.0. The number of benzene rings is 2. The number of hydrogen-bond acceptors (Lipinski definition) is 5. The first-order valence-corrected chi connectivity index (χ1v) is 14.0. The number of nitrogens with one attached hydrogen (secondary N) is 1. The molecule has 6 nitrogen and oxygen atoms in total. The van der Waals surface area contributed by atoms with Gasteiger partial charge in [0, 0.05) is 54.6 Å². The summed E-state index contributed by atoms with van der Waals surface area (Å²) in [5.41, 5.74) is 3.99. The predicted octanol–water partition coefficient (Wildman–Crippen LogP) is 5.59. The first-order valence-electron chi connectivity index (χ1n) is 13.6. The fraction of sp³-hybridized carbons (Fsp3) is 0.312. The van der Waals surface area contributed by atoms with Gasteiger partial charge in [-0.3, -0.25) is 9.59 Å². The molecule has 3 aliphatic rings. The van der Waals surface area contributed by atoms with Crippen LogP contribution in [0.15, 0.2) is 96.8 Å². The van der Waals surface area contributed by atoms with E-state index in [-0.39, 0.29) is 11.7 Å². The molecule has 39 heavy (non-hydrogen) atoms. The average molecular weight is 544 g/mol. The summed E-state index contributed by atoms with van der Waals surface area (Å²) >= 11 is 5.97. The number of rotatable bonds is 9. The van der Waals surface area contributed by atoms with Crippen molar-refractivity contribution < 1.29 is 14.3 Å². The van der Waals surface area contributed by atoms with E-state index in [2.05, 4.69) is 21.2 Å². The lowest BCUT2D eigenvalue weighted by Gasteiger charge is -2.34. The third-order valence-electron chi connectivity index (χ3n) is 7.51. The molecule has 2 aliphatic heterocycles. The Bertz CT molecular complexity index is 1300. The number of hydrogen-bond donors (Lipinski definition) is 1. The van der Waals surface area contributed by atoms with Crippen molar-refractivity contribution in [3.8, 4) is 0 Å². The van der Waals surface area contributed by atoms with Crippen LogP contribution in [-0.2, 0) is 16.0 Å². The van der Waals surface area contributed by atoms with Crippen LogP contribution in [0.4, 0.5) is 0 Å². The monoisotopic (exact) mass is 543 g/mol. The maximum atomic E-state index is 13.1. The van der Waals surface area contributed by atoms with Crippen molar-refractivity contribution in [3.63, 3.8) is 0 Å². The van der Waals surface area contributed by atoms with Crippen LogP contribution < -0.4 is 5.32 Å². The van der Waals surface area contributed by atoms with E-state index in [9.17, 15) is 9.59 Å². The number of halogens is 1. The van der Waals surface area contributed by atoms with Gasteiger partial charge in [0.25, 0.3) is 5.91 Å². The number of likely N-dealkylation sites (tertiary alicyclic amines) is 1. The second kappa shape index (κ2) is 13.0. The third kappa shape index (κ3) is 7.28. The van der Waals surface area contributed by atoms with Crippen molar-refractivity contribution in [1.29, 1.82) is 0 Å². The van der Waals surface area contributed by atoms with Crippen LogP contribution in [0.5, 0.6) is 0 Å². The second-order valence-electron chi connectivity index (χ2n) is 10.2. The summed E-state index contributed by atoms with van der Waals surface area (Å²) < 4.78 is 5.67. The molecule has 2 aromatic rings. The zero-order valence-electron chi connectivity index (χ0n) is 22.0. The molecular weight excluding hydrogens is 510 g/mol. The summed E-state index contributed by atoms with van der Waals surface area (Å²) in [6.45, 7) is 4.35. The van der Waals surface area contributed by atoms with E-state index in [1.54, 1.807) is 18.4 Å². The highest BCUT2D eigenvalue weighted by Crippen LogP contribution is 2.30. The van der Waals surface area contributed by atoms with Gasteiger partial charge in [-0.05, 0) is 73.7 Å². The summed E-state index contributed by atoms with van der Waals surface area (Å²) in [6, 6.07) is 15.8. The van der Waals surface area contributed by atoms with Crippen molar-refractivity contribution >= 4 is 23.3 Å². The lowest BCUT2D eigenvalue weighted by molar-refractivity contribution is -0.114. The normalized spacial score (nSPS) is 18.0. The molecule has 0 spiro atoms. The number of amides is 1. The molecule has 1 amide bonds. The van der Waals surface area contributed by atoms with E-state index >= 15 is 0 Å². The third-order valence-corrected chi connectivity index (χ3v) is 7.76. The standard InChI is InChI=1S/C32H34ClN3O3/c33-27-10-8-24(9-11-27)12-15-34-32(38)30-7-2-1-6-29(30)25-13-16-35(17-14-25)18-19-36-20-21-39-31(23-36)26-4-3-5-28(37)22-26/h1-11,20-21,23,25H,12-19,22H2,(H,34,38). The molecule has 0 radical (unpaired) electrons. The Labute approximate surface area is 235 Å². The smallest absolute Gasteiger partial charge is 0.251 e. The minimum atomic E-state index is -0.00559. The summed E-state index contributed by atoms with van der Waals surface area (Å²) in [5, 5.41) is 3.82. The maximum absolute atomic E-state index is 13.1. The molecule has 0 atom stereocenters. The van der Waals surface area contributed by atoms with Crippen LogP contribution in [0, 0.1) is 0 Å². The summed E-state index contributed by atoms with van der Waals surface area (Å²) in [7, 11) is 0. The lowest BCUT2D eigenvalue weighted by Crippen LogP contribution is -2.38. The number of carbonyl (C=O) groups is 2. The Morgan fingerprint density at radius 1 is 1.05 bits per heavy atom. The Kier molecular flexibility index (Phi) is 8.96. The van der Waals surface area contributed by atoms with E-state index in [0.29, 0.717) is 18.9 Å². The van der Waals surface area contributed by atoms with Gasteiger partial charge in [-0.2, -0.15) is 0 Å². The molecule has 202 valence electrons. The van der Waals surface area contributed by atoms with Gasteiger partial charge in [0.1, 0.15) is 12.0 Å². The van der Waals surface area contributed by atoms with E-state index in [1.165, 1.54) is 0 Å². The molecule has 0 saturated carbocycles. The van der Waals surface area contributed by atoms with Crippen LogP contribution in [0.25, 0.3) is 0 Å². The van der Waals surface area contributed by atoms with Gasteiger partial charge in [0.05, 0.1) is 0 Å². The Morgan fingerprint density at radius 3 is 2.64 bits per heavy atom. The minimum Gasteiger partial charge on any atom is -0.462 e. The number of carbonyl (C=O) groups excluding carboxylic acids is 2. The van der Waals surface area contributed by atoms with Crippen molar-refractivity contribution in [2.24, 2.45) is 0 Å². The van der Waals surface area contributed by atoms with Crippen LogP contribution in [-0.4, -0.2) is 54.2 Å². The predicted molar refractivity (Wildman–Crippen MR) is 154 cm³/mol. The number of nitrogens with zero attached hydrogens (tertiary/aromatic N) is 2. The van der Waals surface area contributed by atoms with Crippen molar-refractivity contribution in [3.05, 3.63) is 118 Å². The van der Waals surface area contributed by atoms with Gasteiger partial charge < -0.3 is 19.9 Å². The van der Waals surface area contributed by atoms with Gasteiger partial charge in [-0.25, -0.2) is 0 Å². The second-order valence-corrected chi connectivity index (χ2v) is 10.6. The SMILES string of the molecule is O=C1C=CC=C(C2=CN(CCN3CCC(c4ccccc4C(=O)NCCc4ccc(Cl)cc4)CC3)C=CO2)C1. The van der Waals surface area contributed by atoms with Crippen LogP contribution in [0.2, 0.25) is 5.02 Å². The van der Waals surface area contributed by atoms with E-state index in [1.807, 2.05) is 60.9 Å². The topological polar surface area (TPSA) is 61.9 Å². The Balaban J connectivity index is 1.10. The molecule has 5 rings (SSSR count). The maximum Gasteiger partial charge on any atom is 0.251 e. The number of ether oxygens (including phenoxy) is 1. The van der Waals surface area contributed by atoms with Crippen LogP contribution >= 0.6 is 11.6 Å². The van der Waals surface area contributed by atoms with Crippen molar-refractivity contribution in [2.75, 3.05) is 32.7 Å². The fourth-order valence-corrected chi connectivity index (χ4v) is 5.43. The van der Waals surface area contributed by atoms with Gasteiger partial charge in [-0.15, -0.1) is 0 Å². The molecule has 0 unspecified atom stereocenters. The molecule has 1 saturated heterocycles. The van der Waals surface area contributed by atoms with Crippen LogP contribution in [0.1, 0.15) is 46.7 Å². The number of piperidine rings is 1. The van der Waals surface area contributed by atoms with Gasteiger partial charge in [-0.1, -0.05) is 54.1 Å². The molecule has 2 heterocycles. The van der Waals surface area contributed by atoms with Crippen molar-refractivity contribution in [1.82, 2.24) is 15.1 Å². The zero-order chi connectivity index (χ0) is 27.0. The molecule has 1 N–H and O–H groups in total. The first kappa shape index (κ1) is 27.0. The molecule has 0 bridgehead atoms. The molecule has 1 fully saturated rings. The molecule has 1 aliphatic carbocycles. The number of allylic oxidation sites excluding steroid dienone is 4. The van der Waals surface area contributed by atoms with E-state index < -0.39 is 0 Å². The number of ketones is 1. The van der Waals surface area contributed by atoms with E-state index in [4.69, 9.17) is 16.3 Å². The highest BCUT2D eigenvalue weighted by atomic mass is 35.5. The zero-order valence-corrected chi connectivity index (χ0v) is 22.8. The molecule has 7 heteroatoms. The van der Waals surface area contributed by atoms with Crippen molar-refractivity contribution in [2.45, 2.75) is 31.6 Å². The largest absolute Gasteiger partial charge is 0.462 e. The van der Waals surface area contributed by atoms with Crippen LogP contribution in [0.3, 0.4) is 0 Å². The summed E-state index contributed by atoms with van der Waals surface area (Å²) in [5.74, 6) is 1.20. The molecule has 2 aromatic carbocycles. The van der Waals surface area contributed by atoms with Gasteiger partial charge in [0.15, 0.2) is 5.78 Å². The minimum absolute atomic E-state index is 0.00559. The summed E-state index contributed by atoms with van der Waals surface area (Å²) in [4.78, 5) is 29.4. The lowest BCUT2D eigenvalue weighted by atomic mass is 9.86. The molecular formula is C32H34ClN3O3. The van der Waals surface area contributed by atoms with Gasteiger partial charge in [0.2, 0.25) is 0 Å². The highest BCUT2D eigenvalue weighted by Gasteiger charge is 2.24. The fourth-order valence-electron chi connectivity index (χ4n) is 5.30. The Hall–Kier alpha value is -3.61. The Morgan fingerprint density at radius 2 is 1.85 bits per heavy atom. The summed E-state index contributed by atoms with van der Waals surface area (Å²) in [6.07, 6.45) is 14.1. The quantitative estimate of drug-likeness (QED) is 0.446. The van der Waals surface area contributed by atoms with E-state index in [0.717, 1.165) is 78.5 Å². The highest BCUT2D eigenvalue weighted by molar-refractivity contribution is 6.30. The molecule has 0 aromatic heterocycles.